The lowest BCUT2D eigenvalue weighted by Gasteiger charge is -2.00. The number of hydrogen-bond donors (Lipinski definition) is 2. The maximum Gasteiger partial charge on any atom is 0.256 e. The van der Waals surface area contributed by atoms with Gasteiger partial charge in [0.25, 0.3) is 5.91 Å². The van der Waals surface area contributed by atoms with Crippen LogP contribution in [0.4, 0.5) is 5.69 Å². The number of amides is 1. The number of carbonyl (C=O) groups is 1. The Morgan fingerprint density at radius 2 is 1.92 bits per heavy atom. The van der Waals surface area contributed by atoms with Crippen LogP contribution in [0.2, 0.25) is 0 Å². The van der Waals surface area contributed by atoms with E-state index in [1.54, 1.807) is 12.4 Å². The van der Waals surface area contributed by atoms with E-state index in [-0.39, 0.29) is 5.91 Å². The topological polar surface area (TPSA) is 70.7 Å². The Morgan fingerprint density at radius 1 is 1.00 bits per heavy atom. The number of aromatic amines is 1. The van der Waals surface area contributed by atoms with Crippen LogP contribution < -0.4 is 5.32 Å². The zero-order valence-electron chi connectivity index (χ0n) is 13.7. The average Bonchev–Trinajstić information content (AvgIpc) is 3.23. The Hall–Kier alpha value is -3.73. The van der Waals surface area contributed by atoms with Crippen molar-refractivity contribution in [3.05, 3.63) is 78.1 Å². The van der Waals surface area contributed by atoms with E-state index in [4.69, 9.17) is 0 Å². The molecule has 2 aromatic carbocycles. The fourth-order valence-electron chi connectivity index (χ4n) is 3.30. The summed E-state index contributed by atoms with van der Waals surface area (Å²) in [6.45, 7) is 0. The second kappa shape index (κ2) is 5.67. The average molecular weight is 338 g/mol. The van der Waals surface area contributed by atoms with Crippen molar-refractivity contribution in [2.45, 2.75) is 0 Å². The van der Waals surface area contributed by atoms with Crippen molar-refractivity contribution >= 4 is 34.1 Å². The smallest absolute Gasteiger partial charge is 0.256 e. The van der Waals surface area contributed by atoms with E-state index < -0.39 is 0 Å². The number of fused-ring (bicyclic) bond motifs is 2. The maximum atomic E-state index is 12.3. The van der Waals surface area contributed by atoms with Crippen LogP contribution in [-0.2, 0) is 4.79 Å². The highest BCUT2D eigenvalue weighted by molar-refractivity contribution is 6.34. The number of nitrogens with zero attached hydrogens (tertiary/aromatic N) is 2. The summed E-state index contributed by atoms with van der Waals surface area (Å²) in [5.41, 5.74) is 6.16. The number of H-pyrrole nitrogens is 1. The van der Waals surface area contributed by atoms with Gasteiger partial charge in [0.2, 0.25) is 0 Å². The highest BCUT2D eigenvalue weighted by atomic mass is 16.2. The summed E-state index contributed by atoms with van der Waals surface area (Å²) >= 11 is 0. The van der Waals surface area contributed by atoms with Crippen LogP contribution in [0, 0.1) is 0 Å². The van der Waals surface area contributed by atoms with E-state index >= 15 is 0 Å². The number of hydrogen-bond acceptors (Lipinski definition) is 3. The maximum absolute atomic E-state index is 12.3. The van der Waals surface area contributed by atoms with E-state index in [0.717, 1.165) is 39.0 Å². The lowest BCUT2D eigenvalue weighted by molar-refractivity contribution is -0.110. The van der Waals surface area contributed by atoms with Gasteiger partial charge in [-0.1, -0.05) is 24.3 Å². The third-order valence-corrected chi connectivity index (χ3v) is 4.54. The number of carbonyl (C=O) groups excluding carboxylic acids is 1. The van der Waals surface area contributed by atoms with E-state index in [1.807, 2.05) is 60.7 Å². The van der Waals surface area contributed by atoms with Gasteiger partial charge in [0.15, 0.2) is 0 Å². The van der Waals surface area contributed by atoms with E-state index in [1.165, 1.54) is 0 Å². The number of rotatable bonds is 2. The van der Waals surface area contributed by atoms with Crippen LogP contribution in [0.3, 0.4) is 0 Å². The molecule has 0 bridgehead atoms. The highest BCUT2D eigenvalue weighted by Crippen LogP contribution is 2.33. The molecule has 26 heavy (non-hydrogen) atoms. The van der Waals surface area contributed by atoms with Crippen molar-refractivity contribution in [1.82, 2.24) is 15.2 Å². The minimum Gasteiger partial charge on any atom is -0.321 e. The van der Waals surface area contributed by atoms with Gasteiger partial charge in [0.1, 0.15) is 5.69 Å². The summed E-state index contributed by atoms with van der Waals surface area (Å²) in [6.07, 6.45) is 5.45. The summed E-state index contributed by atoms with van der Waals surface area (Å²) in [5, 5.41) is 11.4. The molecule has 124 valence electrons. The Kier molecular flexibility index (Phi) is 3.18. The zero-order valence-corrected chi connectivity index (χ0v) is 13.7. The molecule has 4 aromatic rings. The molecule has 0 spiro atoms. The molecule has 1 aliphatic rings. The van der Waals surface area contributed by atoms with E-state index in [0.29, 0.717) is 5.57 Å². The summed E-state index contributed by atoms with van der Waals surface area (Å²) in [4.78, 5) is 16.4. The Balaban J connectivity index is 1.59. The third kappa shape index (κ3) is 2.29. The SMILES string of the molecule is O=C1Nc2ccccc2C1=Cc1ccc2c(-c3cccnc3)n[nH]c2c1. The molecule has 5 heteroatoms. The second-order valence-corrected chi connectivity index (χ2v) is 6.18. The Morgan fingerprint density at radius 3 is 2.81 bits per heavy atom. The molecule has 0 unspecified atom stereocenters. The highest BCUT2D eigenvalue weighted by Gasteiger charge is 2.23. The summed E-state index contributed by atoms with van der Waals surface area (Å²) in [5.74, 6) is -0.0769. The molecule has 5 nitrogen and oxygen atoms in total. The number of para-hydroxylation sites is 1. The van der Waals surface area contributed by atoms with Gasteiger partial charge in [0, 0.05) is 40.2 Å². The fourth-order valence-corrected chi connectivity index (χ4v) is 3.30. The van der Waals surface area contributed by atoms with Crippen LogP contribution in [0.1, 0.15) is 11.1 Å². The molecule has 0 atom stereocenters. The van der Waals surface area contributed by atoms with Crippen LogP contribution in [0.5, 0.6) is 0 Å². The number of pyridine rings is 1. The van der Waals surface area contributed by atoms with Crippen molar-refractivity contribution in [2.75, 3.05) is 5.32 Å². The first-order chi connectivity index (χ1) is 12.8. The lowest BCUT2D eigenvalue weighted by Crippen LogP contribution is -2.03. The standard InChI is InChI=1S/C21H14N4O/c26-21-17(15-5-1-2-6-18(15)23-21)10-13-7-8-16-19(11-13)24-25-20(16)14-4-3-9-22-12-14/h1-12H,(H,23,26)(H,24,25). The van der Waals surface area contributed by atoms with Crippen LogP contribution in [0.15, 0.2) is 67.0 Å². The first-order valence-corrected chi connectivity index (χ1v) is 8.30. The lowest BCUT2D eigenvalue weighted by atomic mass is 10.0. The zero-order chi connectivity index (χ0) is 17.5. The van der Waals surface area contributed by atoms with Crippen molar-refractivity contribution in [1.29, 1.82) is 0 Å². The monoisotopic (exact) mass is 338 g/mol. The van der Waals surface area contributed by atoms with Gasteiger partial charge in [-0.15, -0.1) is 0 Å². The second-order valence-electron chi connectivity index (χ2n) is 6.18. The van der Waals surface area contributed by atoms with Gasteiger partial charge in [-0.05, 0) is 42.0 Å². The number of aromatic nitrogens is 3. The number of anilines is 1. The molecule has 2 aromatic heterocycles. The molecular weight excluding hydrogens is 324 g/mol. The molecular formula is C21H14N4O. The Bertz CT molecular complexity index is 1180. The van der Waals surface area contributed by atoms with Crippen molar-refractivity contribution in [2.24, 2.45) is 0 Å². The van der Waals surface area contributed by atoms with Crippen LogP contribution in [0.25, 0.3) is 33.8 Å². The molecule has 1 aliphatic heterocycles. The first kappa shape index (κ1) is 14.6. The van der Waals surface area contributed by atoms with Crippen LogP contribution in [-0.4, -0.2) is 21.1 Å². The van der Waals surface area contributed by atoms with Gasteiger partial charge in [0.05, 0.1) is 5.52 Å². The summed E-state index contributed by atoms with van der Waals surface area (Å²) in [6, 6.07) is 17.6. The van der Waals surface area contributed by atoms with Gasteiger partial charge in [-0.2, -0.15) is 5.10 Å². The van der Waals surface area contributed by atoms with Crippen molar-refractivity contribution < 1.29 is 4.79 Å². The van der Waals surface area contributed by atoms with Gasteiger partial charge >= 0.3 is 0 Å². The molecule has 2 N–H and O–H groups in total. The molecule has 5 rings (SSSR count). The van der Waals surface area contributed by atoms with Gasteiger partial charge < -0.3 is 5.32 Å². The molecule has 1 amide bonds. The molecule has 3 heterocycles. The normalized spacial score (nSPS) is 14.6. The largest absolute Gasteiger partial charge is 0.321 e. The van der Waals surface area contributed by atoms with Crippen molar-refractivity contribution in [3.8, 4) is 11.3 Å². The minimum absolute atomic E-state index is 0.0769. The minimum atomic E-state index is -0.0769. The quantitative estimate of drug-likeness (QED) is 0.540. The summed E-state index contributed by atoms with van der Waals surface area (Å²) < 4.78 is 0. The molecule has 0 aliphatic carbocycles. The summed E-state index contributed by atoms with van der Waals surface area (Å²) in [7, 11) is 0. The number of benzene rings is 2. The molecule has 0 saturated carbocycles. The van der Waals surface area contributed by atoms with Gasteiger partial charge in [-0.3, -0.25) is 14.9 Å². The van der Waals surface area contributed by atoms with Gasteiger partial charge in [-0.25, -0.2) is 0 Å². The Labute approximate surface area is 149 Å². The van der Waals surface area contributed by atoms with Crippen LogP contribution >= 0.6 is 0 Å². The predicted octanol–water partition coefficient (Wildman–Crippen LogP) is 4.12. The fraction of sp³-hybridized carbons (Fsp3) is 0. The van der Waals surface area contributed by atoms with E-state index in [9.17, 15) is 4.79 Å². The predicted molar refractivity (Wildman–Crippen MR) is 102 cm³/mol. The third-order valence-electron chi connectivity index (χ3n) is 4.54. The molecule has 0 saturated heterocycles. The molecule has 0 radical (unpaired) electrons. The molecule has 0 fully saturated rings. The van der Waals surface area contributed by atoms with E-state index in [2.05, 4.69) is 20.5 Å². The number of nitrogens with one attached hydrogen (secondary N) is 2. The van der Waals surface area contributed by atoms with Crippen molar-refractivity contribution in [3.63, 3.8) is 0 Å². The first-order valence-electron chi connectivity index (χ1n) is 8.30.